The second-order valence-corrected chi connectivity index (χ2v) is 10.8. The minimum atomic E-state index is -0.409. The van der Waals surface area contributed by atoms with Gasteiger partial charge in [0.1, 0.15) is 16.4 Å². The predicted octanol–water partition coefficient (Wildman–Crippen LogP) is 5.62. The van der Waals surface area contributed by atoms with Crippen LogP contribution in [-0.2, 0) is 11.3 Å². The maximum atomic E-state index is 12.7. The summed E-state index contributed by atoms with van der Waals surface area (Å²) >= 11 is 1.63. The minimum absolute atomic E-state index is 0.00946. The summed E-state index contributed by atoms with van der Waals surface area (Å²) in [6.45, 7) is 13.0. The molecule has 31 heavy (non-hydrogen) atoms. The molecule has 1 fully saturated rings. The number of aryl methyl sites for hydroxylation is 2. The van der Waals surface area contributed by atoms with Crippen LogP contribution in [0.15, 0.2) is 34.2 Å². The zero-order valence-corrected chi connectivity index (χ0v) is 20.0. The van der Waals surface area contributed by atoms with Crippen LogP contribution >= 0.6 is 11.3 Å². The van der Waals surface area contributed by atoms with Gasteiger partial charge >= 0.3 is 0 Å². The Morgan fingerprint density at radius 3 is 2.68 bits per heavy atom. The lowest BCUT2D eigenvalue weighted by Crippen LogP contribution is -2.43. The van der Waals surface area contributed by atoms with Crippen LogP contribution in [0.4, 0.5) is 0 Å². The van der Waals surface area contributed by atoms with Crippen molar-refractivity contribution in [2.45, 2.75) is 60.0 Å². The van der Waals surface area contributed by atoms with Crippen molar-refractivity contribution in [2.75, 3.05) is 13.1 Å². The molecule has 2 aromatic heterocycles. The van der Waals surface area contributed by atoms with Gasteiger partial charge in [-0.2, -0.15) is 0 Å². The Balaban J connectivity index is 1.43. The molecule has 4 rings (SSSR count). The summed E-state index contributed by atoms with van der Waals surface area (Å²) in [5.41, 5.74) is 3.07. The highest BCUT2D eigenvalue weighted by Gasteiger charge is 2.33. The van der Waals surface area contributed by atoms with Crippen molar-refractivity contribution in [2.24, 2.45) is 11.3 Å². The lowest BCUT2D eigenvalue weighted by atomic mass is 9.87. The van der Waals surface area contributed by atoms with Crippen molar-refractivity contribution >= 4 is 28.2 Å². The van der Waals surface area contributed by atoms with E-state index in [0.29, 0.717) is 5.92 Å². The summed E-state index contributed by atoms with van der Waals surface area (Å²) in [6, 6.07) is 6.37. The SMILES string of the molecule is Cc1ccc2oc(CN3CCC([C@@H](NC(=O)C(C)(C)C)c4nccs4)CC3)c(C)c2c1. The third-order valence-electron chi connectivity index (χ3n) is 6.35. The van der Waals surface area contributed by atoms with Crippen LogP contribution in [-0.4, -0.2) is 28.9 Å². The Hall–Kier alpha value is -2.18. The van der Waals surface area contributed by atoms with Crippen molar-refractivity contribution in [1.29, 1.82) is 0 Å². The molecule has 3 aromatic rings. The molecule has 1 atom stereocenters. The molecule has 1 aromatic carbocycles. The summed E-state index contributed by atoms with van der Waals surface area (Å²) < 4.78 is 6.17. The smallest absolute Gasteiger partial charge is 0.225 e. The van der Waals surface area contributed by atoms with Gasteiger partial charge in [0.15, 0.2) is 0 Å². The third kappa shape index (κ3) is 4.85. The Bertz CT molecular complexity index is 1040. The van der Waals surface area contributed by atoms with E-state index in [0.717, 1.165) is 48.8 Å². The molecule has 1 aliphatic rings. The van der Waals surface area contributed by atoms with E-state index >= 15 is 0 Å². The first-order chi connectivity index (χ1) is 14.7. The molecule has 1 N–H and O–H groups in total. The summed E-state index contributed by atoms with van der Waals surface area (Å²) in [7, 11) is 0. The van der Waals surface area contributed by atoms with Crippen LogP contribution in [0.1, 0.15) is 61.5 Å². The molecule has 0 bridgehead atoms. The van der Waals surface area contributed by atoms with Gasteiger partial charge < -0.3 is 9.73 Å². The third-order valence-corrected chi connectivity index (χ3v) is 7.21. The topological polar surface area (TPSA) is 58.4 Å². The molecular formula is C25H33N3O2S. The van der Waals surface area contributed by atoms with Crippen molar-refractivity contribution < 1.29 is 9.21 Å². The fourth-order valence-corrected chi connectivity index (χ4v) is 5.09. The van der Waals surface area contributed by atoms with E-state index < -0.39 is 5.41 Å². The Morgan fingerprint density at radius 2 is 2.03 bits per heavy atom. The Morgan fingerprint density at radius 1 is 1.29 bits per heavy atom. The second-order valence-electron chi connectivity index (χ2n) is 9.83. The molecule has 1 amide bonds. The number of furan rings is 1. The zero-order chi connectivity index (χ0) is 22.2. The molecule has 0 aliphatic carbocycles. The number of hydrogen-bond donors (Lipinski definition) is 1. The summed E-state index contributed by atoms with van der Waals surface area (Å²) in [6.07, 6.45) is 3.90. The van der Waals surface area contributed by atoms with Crippen molar-refractivity contribution in [1.82, 2.24) is 15.2 Å². The van der Waals surface area contributed by atoms with Gasteiger partial charge in [-0.15, -0.1) is 11.3 Å². The highest BCUT2D eigenvalue weighted by atomic mass is 32.1. The monoisotopic (exact) mass is 439 g/mol. The van der Waals surface area contributed by atoms with Gasteiger partial charge in [0, 0.05) is 22.4 Å². The number of fused-ring (bicyclic) bond motifs is 1. The number of likely N-dealkylation sites (tertiary alicyclic amines) is 1. The quantitative estimate of drug-likeness (QED) is 0.560. The van der Waals surface area contributed by atoms with Crippen LogP contribution in [0.2, 0.25) is 0 Å². The van der Waals surface area contributed by atoms with Gasteiger partial charge in [0.25, 0.3) is 0 Å². The van der Waals surface area contributed by atoms with Gasteiger partial charge in [-0.3, -0.25) is 9.69 Å². The van der Waals surface area contributed by atoms with Gasteiger partial charge in [0.05, 0.1) is 12.6 Å². The van der Waals surface area contributed by atoms with Crippen LogP contribution in [0.25, 0.3) is 11.0 Å². The van der Waals surface area contributed by atoms with E-state index in [4.69, 9.17) is 4.42 Å². The standard InChI is InChI=1S/C25H33N3O2S/c1-16-6-7-20-19(14-16)17(2)21(30-20)15-28-11-8-18(9-12-28)22(23-26-10-13-31-23)27-24(29)25(3,4)5/h6-7,10,13-14,18,22H,8-9,11-12,15H2,1-5H3,(H,27,29)/t22-/m1/s1. The van der Waals surface area contributed by atoms with Gasteiger partial charge in [-0.25, -0.2) is 4.98 Å². The average Bonchev–Trinajstić information content (AvgIpc) is 3.35. The first-order valence-electron chi connectivity index (χ1n) is 11.1. The zero-order valence-electron chi connectivity index (χ0n) is 19.2. The van der Waals surface area contributed by atoms with Crippen LogP contribution < -0.4 is 5.32 Å². The highest BCUT2D eigenvalue weighted by molar-refractivity contribution is 7.09. The number of rotatable bonds is 5. The minimum Gasteiger partial charge on any atom is -0.459 e. The molecule has 166 valence electrons. The lowest BCUT2D eigenvalue weighted by Gasteiger charge is -2.36. The molecule has 0 radical (unpaired) electrons. The number of benzene rings is 1. The fraction of sp³-hybridized carbons (Fsp3) is 0.520. The maximum absolute atomic E-state index is 12.7. The van der Waals surface area contributed by atoms with Gasteiger partial charge in [0.2, 0.25) is 5.91 Å². The normalized spacial score (nSPS) is 17.2. The molecule has 0 saturated carbocycles. The number of nitrogens with one attached hydrogen (secondary N) is 1. The molecule has 5 nitrogen and oxygen atoms in total. The van der Waals surface area contributed by atoms with E-state index in [1.54, 1.807) is 11.3 Å². The number of aromatic nitrogens is 1. The van der Waals surface area contributed by atoms with Crippen molar-refractivity contribution in [3.8, 4) is 0 Å². The number of amides is 1. The first kappa shape index (κ1) is 22.0. The number of thiazole rings is 1. The second kappa shape index (κ2) is 8.75. The van der Waals surface area contributed by atoms with E-state index in [1.165, 1.54) is 16.5 Å². The lowest BCUT2D eigenvalue weighted by molar-refractivity contribution is -0.129. The molecule has 1 aliphatic heterocycles. The summed E-state index contributed by atoms with van der Waals surface area (Å²) in [5.74, 6) is 1.55. The summed E-state index contributed by atoms with van der Waals surface area (Å²) in [4.78, 5) is 19.7. The summed E-state index contributed by atoms with van der Waals surface area (Å²) in [5, 5.41) is 7.52. The van der Waals surface area contributed by atoms with Gasteiger partial charge in [-0.1, -0.05) is 32.4 Å². The van der Waals surface area contributed by atoms with Crippen molar-refractivity contribution in [3.05, 3.63) is 51.7 Å². The number of carbonyl (C=O) groups excluding carboxylic acids is 1. The largest absolute Gasteiger partial charge is 0.459 e. The molecule has 0 spiro atoms. The molecule has 1 saturated heterocycles. The van der Waals surface area contributed by atoms with Crippen LogP contribution in [0.5, 0.6) is 0 Å². The Labute approximate surface area is 188 Å². The van der Waals surface area contributed by atoms with E-state index in [9.17, 15) is 4.79 Å². The first-order valence-corrected chi connectivity index (χ1v) is 12.0. The molecule has 6 heteroatoms. The van der Waals surface area contributed by atoms with E-state index in [2.05, 4.69) is 47.2 Å². The van der Waals surface area contributed by atoms with E-state index in [1.807, 2.05) is 32.3 Å². The number of nitrogens with zero attached hydrogens (tertiary/aromatic N) is 2. The molecular weight excluding hydrogens is 406 g/mol. The Kier molecular flexibility index (Phi) is 6.22. The van der Waals surface area contributed by atoms with Crippen LogP contribution in [0, 0.1) is 25.2 Å². The predicted molar refractivity (Wildman–Crippen MR) is 126 cm³/mol. The van der Waals surface area contributed by atoms with Crippen LogP contribution in [0.3, 0.4) is 0 Å². The number of hydrogen-bond acceptors (Lipinski definition) is 5. The molecule has 3 heterocycles. The van der Waals surface area contributed by atoms with Crippen molar-refractivity contribution in [3.63, 3.8) is 0 Å². The maximum Gasteiger partial charge on any atom is 0.225 e. The highest BCUT2D eigenvalue weighted by Crippen LogP contribution is 2.34. The number of carbonyl (C=O) groups is 1. The van der Waals surface area contributed by atoms with E-state index in [-0.39, 0.29) is 11.9 Å². The average molecular weight is 440 g/mol. The number of piperidine rings is 1. The molecule has 0 unspecified atom stereocenters. The fourth-order valence-electron chi connectivity index (χ4n) is 4.31. The van der Waals surface area contributed by atoms with Gasteiger partial charge in [-0.05, 0) is 63.4 Å².